The number of aliphatic carboxylic acids is 1. The van der Waals surface area contributed by atoms with Gasteiger partial charge in [0.15, 0.2) is 0 Å². The molecule has 0 radical (unpaired) electrons. The molecule has 2 N–H and O–H groups in total. The van der Waals surface area contributed by atoms with Crippen LogP contribution in [-0.2, 0) is 25.3 Å². The molecule has 12 heteroatoms. The molecule has 9 nitrogen and oxygen atoms in total. The zero-order chi connectivity index (χ0) is 32.3. The van der Waals surface area contributed by atoms with Crippen LogP contribution in [0, 0.1) is 0 Å². The number of alkyl halides is 3. The molecule has 45 heavy (non-hydrogen) atoms. The van der Waals surface area contributed by atoms with Crippen molar-refractivity contribution in [2.24, 2.45) is 0 Å². The van der Waals surface area contributed by atoms with E-state index in [1.54, 1.807) is 48.6 Å². The number of β-lactam (4-membered cyclic amide) rings is 1. The minimum absolute atomic E-state index is 0.00467. The monoisotopic (exact) mass is 621 g/mol. The Balaban J connectivity index is 1.46. The normalized spacial score (nSPS) is 21.3. The van der Waals surface area contributed by atoms with Crippen molar-refractivity contribution in [3.8, 4) is 0 Å². The summed E-state index contributed by atoms with van der Waals surface area (Å²) in [4.78, 5) is 54.8. The molecule has 2 aliphatic heterocycles. The number of hydrogen-bond acceptors (Lipinski definition) is 5. The fourth-order valence-corrected chi connectivity index (χ4v) is 5.66. The Morgan fingerprint density at radius 3 is 2.33 bits per heavy atom. The van der Waals surface area contributed by atoms with Crippen molar-refractivity contribution in [2.75, 3.05) is 6.61 Å². The van der Waals surface area contributed by atoms with Gasteiger partial charge in [-0.3, -0.25) is 19.3 Å². The maximum absolute atomic E-state index is 13.9. The first kappa shape index (κ1) is 31.3. The van der Waals surface area contributed by atoms with Crippen LogP contribution in [0.4, 0.5) is 18.0 Å². The lowest BCUT2D eigenvalue weighted by Gasteiger charge is -2.52. The Bertz CT molecular complexity index is 1600. The fraction of sp³-hybridized carbons (Fsp3) is 0.273. The van der Waals surface area contributed by atoms with E-state index in [0.717, 1.165) is 28.2 Å². The van der Waals surface area contributed by atoms with Crippen LogP contribution < -0.4 is 5.32 Å². The molecule has 0 aromatic heterocycles. The molecular weight excluding hydrogens is 591 g/mol. The standard InChI is InChI=1S/C33H30F3N3O6/c1-20(23-13-8-14-24(17-23)33(34,35)36)37-30(42)26(18-28(40)41)38-25(16-15-21-9-4-2-5-10-21)29(31(38)43)39-27(19-45-32(39)44)22-11-6-3-7-12-22/h2-17,20,25-27,29H,18-19H2,1H3,(H,37,42)(H,40,41)/t20-,25-,26-,27-,29+/m1/s1. The van der Waals surface area contributed by atoms with E-state index in [0.29, 0.717) is 0 Å². The van der Waals surface area contributed by atoms with Gasteiger partial charge in [-0.25, -0.2) is 4.79 Å². The lowest BCUT2D eigenvalue weighted by molar-refractivity contribution is -0.165. The quantitative estimate of drug-likeness (QED) is 0.300. The van der Waals surface area contributed by atoms with E-state index in [2.05, 4.69) is 5.32 Å². The number of carboxylic acids is 1. The SMILES string of the molecule is C[C@@H](NC(=O)[C@@H](CC(=O)O)N1C(=O)[C@@H](N2C(=O)OC[C@@H]2c2ccccc2)[C@H]1C=Cc1ccccc1)c1cccc(C(F)(F)F)c1. The van der Waals surface area contributed by atoms with Crippen molar-refractivity contribution >= 4 is 30.0 Å². The topological polar surface area (TPSA) is 116 Å². The molecule has 2 aliphatic rings. The van der Waals surface area contributed by atoms with Crippen LogP contribution >= 0.6 is 0 Å². The Labute approximate surface area is 256 Å². The van der Waals surface area contributed by atoms with E-state index in [1.807, 2.05) is 24.3 Å². The highest BCUT2D eigenvalue weighted by Gasteiger charge is 2.58. The molecule has 2 heterocycles. The first-order valence-electron chi connectivity index (χ1n) is 14.2. The van der Waals surface area contributed by atoms with Gasteiger partial charge in [0, 0.05) is 0 Å². The van der Waals surface area contributed by atoms with E-state index in [9.17, 15) is 37.5 Å². The molecule has 0 saturated carbocycles. The number of likely N-dealkylation sites (tertiary alicyclic amines) is 1. The van der Waals surface area contributed by atoms with Crippen LogP contribution in [0.25, 0.3) is 6.08 Å². The lowest BCUT2D eigenvalue weighted by Crippen LogP contribution is -2.74. The van der Waals surface area contributed by atoms with Gasteiger partial charge in [0.1, 0.15) is 18.7 Å². The largest absolute Gasteiger partial charge is 0.481 e. The Morgan fingerprint density at radius 2 is 1.69 bits per heavy atom. The second kappa shape index (κ2) is 12.8. The molecule has 234 valence electrons. The summed E-state index contributed by atoms with van der Waals surface area (Å²) in [7, 11) is 0. The van der Waals surface area contributed by atoms with Crippen molar-refractivity contribution in [3.63, 3.8) is 0 Å². The molecule has 0 unspecified atom stereocenters. The van der Waals surface area contributed by atoms with Crippen molar-refractivity contribution in [1.29, 1.82) is 0 Å². The van der Waals surface area contributed by atoms with Gasteiger partial charge in [-0.1, -0.05) is 84.9 Å². The van der Waals surface area contributed by atoms with Crippen LogP contribution in [0.1, 0.15) is 47.7 Å². The van der Waals surface area contributed by atoms with E-state index in [-0.39, 0.29) is 12.2 Å². The van der Waals surface area contributed by atoms with Crippen LogP contribution in [0.15, 0.2) is 91.0 Å². The summed E-state index contributed by atoms with van der Waals surface area (Å²) in [6.07, 6.45) is -2.76. The summed E-state index contributed by atoms with van der Waals surface area (Å²) < 4.78 is 45.2. The third kappa shape index (κ3) is 6.69. The average molecular weight is 622 g/mol. The second-order valence-electron chi connectivity index (χ2n) is 10.8. The van der Waals surface area contributed by atoms with Gasteiger partial charge < -0.3 is 20.1 Å². The van der Waals surface area contributed by atoms with Crippen molar-refractivity contribution in [2.45, 2.75) is 49.7 Å². The first-order chi connectivity index (χ1) is 21.5. The summed E-state index contributed by atoms with van der Waals surface area (Å²) in [6, 6.07) is 17.4. The van der Waals surface area contributed by atoms with Crippen molar-refractivity contribution in [3.05, 3.63) is 113 Å². The highest BCUT2D eigenvalue weighted by molar-refractivity contribution is 5.99. The average Bonchev–Trinajstić information content (AvgIpc) is 3.39. The molecule has 0 bridgehead atoms. The number of carbonyl (C=O) groups is 4. The summed E-state index contributed by atoms with van der Waals surface area (Å²) in [5.41, 5.74) is 0.735. The van der Waals surface area contributed by atoms with Gasteiger partial charge in [0.05, 0.1) is 30.1 Å². The Kier molecular flexibility index (Phi) is 8.94. The van der Waals surface area contributed by atoms with Gasteiger partial charge in [-0.15, -0.1) is 0 Å². The number of nitrogens with one attached hydrogen (secondary N) is 1. The molecule has 5 rings (SSSR count). The van der Waals surface area contributed by atoms with Gasteiger partial charge in [-0.2, -0.15) is 13.2 Å². The van der Waals surface area contributed by atoms with Crippen LogP contribution in [0.3, 0.4) is 0 Å². The fourth-order valence-electron chi connectivity index (χ4n) is 5.66. The predicted molar refractivity (Wildman–Crippen MR) is 156 cm³/mol. The summed E-state index contributed by atoms with van der Waals surface area (Å²) in [5.74, 6) is -2.90. The predicted octanol–water partition coefficient (Wildman–Crippen LogP) is 5.21. The van der Waals surface area contributed by atoms with Crippen LogP contribution in [0.2, 0.25) is 0 Å². The molecule has 0 aliphatic carbocycles. The molecular formula is C33H30F3N3O6. The Morgan fingerprint density at radius 1 is 1.02 bits per heavy atom. The first-order valence-corrected chi connectivity index (χ1v) is 14.2. The second-order valence-corrected chi connectivity index (χ2v) is 10.8. The Hall–Kier alpha value is -5.13. The molecule has 3 aromatic rings. The van der Waals surface area contributed by atoms with Crippen LogP contribution in [0.5, 0.6) is 0 Å². The number of hydrogen-bond donors (Lipinski definition) is 2. The highest BCUT2D eigenvalue weighted by atomic mass is 19.4. The highest BCUT2D eigenvalue weighted by Crippen LogP contribution is 2.39. The maximum Gasteiger partial charge on any atom is 0.416 e. The number of carboxylic acid groups (broad SMARTS) is 1. The van der Waals surface area contributed by atoms with Gasteiger partial charge >= 0.3 is 18.2 Å². The number of amides is 3. The van der Waals surface area contributed by atoms with E-state index in [1.165, 1.54) is 24.0 Å². The number of ether oxygens (including phenoxy) is 1. The number of cyclic esters (lactones) is 1. The maximum atomic E-state index is 13.9. The van der Waals surface area contributed by atoms with E-state index in [4.69, 9.17) is 4.74 Å². The van der Waals surface area contributed by atoms with E-state index >= 15 is 0 Å². The minimum atomic E-state index is -4.60. The lowest BCUT2D eigenvalue weighted by atomic mass is 9.87. The zero-order valence-corrected chi connectivity index (χ0v) is 24.1. The number of rotatable bonds is 10. The van der Waals surface area contributed by atoms with Crippen molar-refractivity contribution in [1.82, 2.24) is 15.1 Å². The number of benzene rings is 3. The molecule has 5 atom stereocenters. The van der Waals surface area contributed by atoms with Gasteiger partial charge in [0.25, 0.3) is 0 Å². The summed E-state index contributed by atoms with van der Waals surface area (Å²) >= 11 is 0. The minimum Gasteiger partial charge on any atom is -0.481 e. The molecule has 3 aromatic carbocycles. The molecule has 3 amide bonds. The van der Waals surface area contributed by atoms with Gasteiger partial charge in [-0.05, 0) is 35.7 Å². The molecule has 2 fully saturated rings. The van der Waals surface area contributed by atoms with Crippen molar-refractivity contribution < 1.29 is 42.2 Å². The number of carbonyl (C=O) groups excluding carboxylic acids is 3. The van der Waals surface area contributed by atoms with E-state index < -0.39 is 72.2 Å². The van der Waals surface area contributed by atoms with Gasteiger partial charge in [0.2, 0.25) is 11.8 Å². The summed E-state index contributed by atoms with van der Waals surface area (Å²) in [5, 5.41) is 12.3. The smallest absolute Gasteiger partial charge is 0.416 e. The third-order valence-electron chi connectivity index (χ3n) is 7.91. The molecule has 2 saturated heterocycles. The number of halogens is 3. The zero-order valence-electron chi connectivity index (χ0n) is 24.1. The number of nitrogens with zero attached hydrogens (tertiary/aromatic N) is 2. The molecule has 0 spiro atoms. The van der Waals surface area contributed by atoms with Crippen LogP contribution in [-0.4, -0.2) is 63.5 Å². The third-order valence-corrected chi connectivity index (χ3v) is 7.91. The summed E-state index contributed by atoms with van der Waals surface area (Å²) in [6.45, 7) is 1.46.